The third kappa shape index (κ3) is 4.52. The maximum absolute atomic E-state index is 14.0. The number of benzene rings is 2. The van der Waals surface area contributed by atoms with Crippen molar-refractivity contribution >= 4 is 11.8 Å². The van der Waals surface area contributed by atoms with Crippen LogP contribution in [0.2, 0.25) is 0 Å². The van der Waals surface area contributed by atoms with Crippen molar-refractivity contribution in [2.45, 2.75) is 19.6 Å². The molecular weight excluding hydrogens is 318 g/mol. The monoisotopic (exact) mass is 334 g/mol. The Morgan fingerprint density at radius 3 is 2.58 bits per heavy atom. The number of ether oxygens (including phenoxy) is 1. The Morgan fingerprint density at radius 2 is 1.96 bits per heavy atom. The molecule has 0 saturated carbocycles. The lowest BCUT2D eigenvalue weighted by Crippen LogP contribution is -2.42. The molecule has 0 radical (unpaired) electrons. The van der Waals surface area contributed by atoms with E-state index in [1.54, 1.807) is 6.07 Å². The molecule has 126 valence electrons. The topological polar surface area (TPSA) is 81.4 Å². The number of hydrogen-bond acceptors (Lipinski definition) is 3. The number of nitrogens with one attached hydrogen (secondary N) is 1. The first kappa shape index (κ1) is 17.4. The van der Waals surface area contributed by atoms with Gasteiger partial charge in [0, 0.05) is 5.56 Å². The van der Waals surface area contributed by atoms with Crippen molar-refractivity contribution < 1.29 is 23.1 Å². The van der Waals surface area contributed by atoms with Gasteiger partial charge < -0.3 is 15.8 Å². The molecule has 1 unspecified atom stereocenters. The molecule has 0 aromatic heterocycles. The van der Waals surface area contributed by atoms with E-state index in [1.165, 1.54) is 37.3 Å². The molecule has 0 fully saturated rings. The van der Waals surface area contributed by atoms with E-state index in [0.29, 0.717) is 5.56 Å². The standard InChI is InChI=1S/C17H16F2N2O3/c1-10(16(20)22)21-17(23)12-5-6-15(14(19)8-12)24-9-11-3-2-4-13(18)7-11/h2-8,10H,9H2,1H3,(H2,20,22)(H,21,23). The summed E-state index contributed by atoms with van der Waals surface area (Å²) in [5, 5.41) is 2.34. The Hall–Kier alpha value is -2.96. The third-order valence-electron chi connectivity index (χ3n) is 3.25. The van der Waals surface area contributed by atoms with Gasteiger partial charge in [0.05, 0.1) is 0 Å². The van der Waals surface area contributed by atoms with Gasteiger partial charge in [-0.05, 0) is 42.8 Å². The molecule has 7 heteroatoms. The fraction of sp³-hybridized carbons (Fsp3) is 0.176. The van der Waals surface area contributed by atoms with Gasteiger partial charge in [-0.2, -0.15) is 0 Å². The molecule has 2 aromatic rings. The predicted octanol–water partition coefficient (Wildman–Crippen LogP) is 2.15. The molecule has 2 amide bonds. The second kappa shape index (κ2) is 7.54. The quantitative estimate of drug-likeness (QED) is 0.849. The fourth-order valence-electron chi connectivity index (χ4n) is 1.90. The molecule has 0 bridgehead atoms. The highest BCUT2D eigenvalue weighted by Gasteiger charge is 2.15. The molecule has 2 aromatic carbocycles. The van der Waals surface area contributed by atoms with Gasteiger partial charge in [-0.25, -0.2) is 8.78 Å². The molecule has 0 saturated heterocycles. The number of carbonyl (C=O) groups is 2. The maximum Gasteiger partial charge on any atom is 0.252 e. The summed E-state index contributed by atoms with van der Waals surface area (Å²) in [6.45, 7) is 1.41. The van der Waals surface area contributed by atoms with Gasteiger partial charge in [0.25, 0.3) is 5.91 Å². The van der Waals surface area contributed by atoms with Gasteiger partial charge in [0.1, 0.15) is 18.5 Å². The van der Waals surface area contributed by atoms with Crippen LogP contribution >= 0.6 is 0 Å². The lowest BCUT2D eigenvalue weighted by molar-refractivity contribution is -0.119. The van der Waals surface area contributed by atoms with E-state index < -0.39 is 29.5 Å². The minimum atomic E-state index is -0.871. The Morgan fingerprint density at radius 1 is 1.21 bits per heavy atom. The first-order chi connectivity index (χ1) is 11.4. The lowest BCUT2D eigenvalue weighted by Gasteiger charge is -2.11. The van der Waals surface area contributed by atoms with Crippen LogP contribution in [0.1, 0.15) is 22.8 Å². The summed E-state index contributed by atoms with van der Waals surface area (Å²) in [4.78, 5) is 22.8. The van der Waals surface area contributed by atoms with E-state index in [-0.39, 0.29) is 17.9 Å². The van der Waals surface area contributed by atoms with E-state index in [4.69, 9.17) is 10.5 Å². The molecule has 24 heavy (non-hydrogen) atoms. The fourth-order valence-corrected chi connectivity index (χ4v) is 1.90. The van der Waals surface area contributed by atoms with Crippen molar-refractivity contribution in [2.75, 3.05) is 0 Å². The minimum Gasteiger partial charge on any atom is -0.486 e. The van der Waals surface area contributed by atoms with Crippen LogP contribution in [0.5, 0.6) is 5.75 Å². The number of rotatable bonds is 6. The molecule has 0 spiro atoms. The van der Waals surface area contributed by atoms with Crippen LogP contribution in [0.15, 0.2) is 42.5 Å². The second-order valence-corrected chi connectivity index (χ2v) is 5.16. The number of halogens is 2. The number of hydrogen-bond donors (Lipinski definition) is 2. The molecular formula is C17H16F2N2O3. The molecule has 0 heterocycles. The molecule has 2 rings (SSSR count). The van der Waals surface area contributed by atoms with E-state index >= 15 is 0 Å². The van der Waals surface area contributed by atoms with Crippen molar-refractivity contribution in [2.24, 2.45) is 5.73 Å². The summed E-state index contributed by atoms with van der Waals surface area (Å²) in [6, 6.07) is 8.51. The summed E-state index contributed by atoms with van der Waals surface area (Å²) in [5.74, 6) is -2.55. The average molecular weight is 334 g/mol. The maximum atomic E-state index is 14.0. The summed E-state index contributed by atoms with van der Waals surface area (Å²) >= 11 is 0. The zero-order chi connectivity index (χ0) is 17.7. The number of carbonyl (C=O) groups excluding carboxylic acids is 2. The highest BCUT2D eigenvalue weighted by Crippen LogP contribution is 2.20. The predicted molar refractivity (Wildman–Crippen MR) is 83.3 cm³/mol. The molecule has 3 N–H and O–H groups in total. The zero-order valence-corrected chi connectivity index (χ0v) is 12.9. The van der Waals surface area contributed by atoms with E-state index in [2.05, 4.69) is 5.32 Å². The van der Waals surface area contributed by atoms with Crippen molar-refractivity contribution in [3.05, 3.63) is 65.2 Å². The van der Waals surface area contributed by atoms with Crippen LogP contribution in [0.25, 0.3) is 0 Å². The SMILES string of the molecule is CC(NC(=O)c1ccc(OCc2cccc(F)c2)c(F)c1)C(N)=O. The van der Waals surface area contributed by atoms with E-state index in [9.17, 15) is 18.4 Å². The third-order valence-corrected chi connectivity index (χ3v) is 3.25. The normalized spacial score (nSPS) is 11.6. The first-order valence-electron chi connectivity index (χ1n) is 7.14. The van der Waals surface area contributed by atoms with Crippen LogP contribution in [0.4, 0.5) is 8.78 Å². The van der Waals surface area contributed by atoms with Crippen molar-refractivity contribution in [1.29, 1.82) is 0 Å². The minimum absolute atomic E-state index is 0.0149. The molecule has 0 aliphatic carbocycles. The van der Waals surface area contributed by atoms with Crippen molar-refractivity contribution in [3.63, 3.8) is 0 Å². The number of amides is 2. The van der Waals surface area contributed by atoms with Gasteiger partial charge >= 0.3 is 0 Å². The number of primary amides is 1. The van der Waals surface area contributed by atoms with Crippen molar-refractivity contribution in [3.8, 4) is 5.75 Å². The second-order valence-electron chi connectivity index (χ2n) is 5.16. The summed E-state index contributed by atoms with van der Waals surface area (Å²) in [7, 11) is 0. The summed E-state index contributed by atoms with van der Waals surface area (Å²) < 4.78 is 32.4. The van der Waals surface area contributed by atoms with Crippen molar-refractivity contribution in [1.82, 2.24) is 5.32 Å². The highest BCUT2D eigenvalue weighted by atomic mass is 19.1. The summed E-state index contributed by atoms with van der Waals surface area (Å²) in [6.07, 6.45) is 0. The Bertz CT molecular complexity index is 765. The van der Waals surface area contributed by atoms with Crippen LogP contribution in [-0.2, 0) is 11.4 Å². The highest BCUT2D eigenvalue weighted by molar-refractivity contribution is 5.97. The Labute approximate surface area is 137 Å². The molecule has 5 nitrogen and oxygen atoms in total. The van der Waals surface area contributed by atoms with Gasteiger partial charge in [0.2, 0.25) is 5.91 Å². The van der Waals surface area contributed by atoms with Crippen LogP contribution in [0.3, 0.4) is 0 Å². The van der Waals surface area contributed by atoms with E-state index in [0.717, 1.165) is 6.07 Å². The molecule has 1 atom stereocenters. The Balaban J connectivity index is 2.04. The average Bonchev–Trinajstić information content (AvgIpc) is 2.53. The van der Waals surface area contributed by atoms with Crippen LogP contribution < -0.4 is 15.8 Å². The smallest absolute Gasteiger partial charge is 0.252 e. The first-order valence-corrected chi connectivity index (χ1v) is 7.14. The molecule has 0 aliphatic rings. The Kier molecular flexibility index (Phi) is 5.47. The van der Waals surface area contributed by atoms with Gasteiger partial charge in [0.15, 0.2) is 11.6 Å². The van der Waals surface area contributed by atoms with Gasteiger partial charge in [-0.1, -0.05) is 12.1 Å². The number of nitrogens with two attached hydrogens (primary N) is 1. The zero-order valence-electron chi connectivity index (χ0n) is 12.9. The van der Waals surface area contributed by atoms with Gasteiger partial charge in [-0.15, -0.1) is 0 Å². The largest absolute Gasteiger partial charge is 0.486 e. The molecule has 0 aliphatic heterocycles. The lowest BCUT2D eigenvalue weighted by atomic mass is 10.1. The van der Waals surface area contributed by atoms with Crippen LogP contribution in [-0.4, -0.2) is 17.9 Å². The van der Waals surface area contributed by atoms with E-state index in [1.807, 2.05) is 0 Å². The van der Waals surface area contributed by atoms with Gasteiger partial charge in [-0.3, -0.25) is 9.59 Å². The van der Waals surface area contributed by atoms with Crippen LogP contribution in [0, 0.1) is 11.6 Å². The summed E-state index contributed by atoms with van der Waals surface area (Å²) in [5.41, 5.74) is 5.62.